The lowest BCUT2D eigenvalue weighted by atomic mass is 9.98. The highest BCUT2D eigenvalue weighted by Gasteiger charge is 2.27. The number of piperidine rings is 1. The standard InChI is InChI=1S/C20H22N2O4/c1-3-15-10-19(23)26-18-11-16(4-5-17(15)18)25-13(2)20(24)22-8-6-14(12-21)7-9-22/h4-5,10-11,13-14H,3,6-9H2,1-2H3. The van der Waals surface area contributed by atoms with Crippen LogP contribution in [0.15, 0.2) is 33.5 Å². The largest absolute Gasteiger partial charge is 0.481 e. The number of hydrogen-bond acceptors (Lipinski definition) is 5. The second-order valence-electron chi connectivity index (χ2n) is 6.59. The molecular weight excluding hydrogens is 332 g/mol. The number of nitriles is 1. The lowest BCUT2D eigenvalue weighted by molar-refractivity contribution is -0.139. The maximum absolute atomic E-state index is 12.6. The fourth-order valence-corrected chi connectivity index (χ4v) is 3.32. The highest BCUT2D eigenvalue weighted by atomic mass is 16.5. The summed E-state index contributed by atoms with van der Waals surface area (Å²) in [7, 11) is 0. The lowest BCUT2D eigenvalue weighted by Gasteiger charge is -2.31. The van der Waals surface area contributed by atoms with E-state index in [0.29, 0.717) is 37.3 Å². The number of amides is 1. The Morgan fingerprint density at radius 2 is 2.12 bits per heavy atom. The van der Waals surface area contributed by atoms with E-state index >= 15 is 0 Å². The van der Waals surface area contributed by atoms with Gasteiger partial charge in [-0.1, -0.05) is 6.92 Å². The maximum atomic E-state index is 12.6. The average Bonchev–Trinajstić information content (AvgIpc) is 2.66. The van der Waals surface area contributed by atoms with Gasteiger partial charge in [-0.3, -0.25) is 4.79 Å². The van der Waals surface area contributed by atoms with E-state index in [4.69, 9.17) is 14.4 Å². The zero-order chi connectivity index (χ0) is 18.7. The molecule has 0 aliphatic carbocycles. The minimum atomic E-state index is -0.646. The van der Waals surface area contributed by atoms with E-state index in [1.165, 1.54) is 6.07 Å². The minimum Gasteiger partial charge on any atom is -0.481 e. The van der Waals surface area contributed by atoms with E-state index in [2.05, 4.69) is 6.07 Å². The number of rotatable bonds is 4. The number of likely N-dealkylation sites (tertiary alicyclic amines) is 1. The van der Waals surface area contributed by atoms with Gasteiger partial charge in [0, 0.05) is 36.5 Å². The predicted molar refractivity (Wildman–Crippen MR) is 96.9 cm³/mol. The Hall–Kier alpha value is -2.81. The first-order chi connectivity index (χ1) is 12.5. The Kier molecular flexibility index (Phi) is 5.27. The average molecular weight is 354 g/mol. The van der Waals surface area contributed by atoms with Gasteiger partial charge in [0.1, 0.15) is 11.3 Å². The van der Waals surface area contributed by atoms with Crippen LogP contribution >= 0.6 is 0 Å². The lowest BCUT2D eigenvalue weighted by Crippen LogP contribution is -2.44. The van der Waals surface area contributed by atoms with Crippen LogP contribution in [-0.2, 0) is 11.2 Å². The topological polar surface area (TPSA) is 83.5 Å². The SMILES string of the molecule is CCc1cc(=O)oc2cc(OC(C)C(=O)N3CCC(C#N)CC3)ccc12. The summed E-state index contributed by atoms with van der Waals surface area (Å²) in [5.41, 5.74) is 0.990. The molecule has 1 aromatic carbocycles. The fourth-order valence-electron chi connectivity index (χ4n) is 3.32. The number of carbonyl (C=O) groups excluding carboxylic acids is 1. The molecule has 0 radical (unpaired) electrons. The zero-order valence-electron chi connectivity index (χ0n) is 15.0. The molecule has 3 rings (SSSR count). The van der Waals surface area contributed by atoms with Gasteiger partial charge < -0.3 is 14.1 Å². The summed E-state index contributed by atoms with van der Waals surface area (Å²) in [5, 5.41) is 9.83. The van der Waals surface area contributed by atoms with Crippen molar-refractivity contribution in [2.24, 2.45) is 5.92 Å². The number of aryl methyl sites for hydroxylation is 1. The number of ether oxygens (including phenoxy) is 1. The molecule has 1 fully saturated rings. The van der Waals surface area contributed by atoms with E-state index in [0.717, 1.165) is 17.4 Å². The van der Waals surface area contributed by atoms with Crippen LogP contribution in [0.25, 0.3) is 11.0 Å². The van der Waals surface area contributed by atoms with Gasteiger partial charge in [-0.05, 0) is 43.9 Å². The third-order valence-electron chi connectivity index (χ3n) is 4.83. The minimum absolute atomic E-state index is 0.0337. The van der Waals surface area contributed by atoms with Crippen molar-refractivity contribution in [3.63, 3.8) is 0 Å². The predicted octanol–water partition coefficient (Wildman–Crippen LogP) is 2.88. The van der Waals surface area contributed by atoms with Crippen molar-refractivity contribution in [1.29, 1.82) is 5.26 Å². The quantitative estimate of drug-likeness (QED) is 0.788. The number of hydrogen-bond donors (Lipinski definition) is 0. The smallest absolute Gasteiger partial charge is 0.336 e. The van der Waals surface area contributed by atoms with Crippen LogP contribution in [0, 0.1) is 17.2 Å². The molecule has 1 amide bonds. The summed E-state index contributed by atoms with van der Waals surface area (Å²) in [5.74, 6) is 0.429. The highest BCUT2D eigenvalue weighted by Crippen LogP contribution is 2.24. The Labute approximate surface area is 152 Å². The van der Waals surface area contributed by atoms with Crippen LogP contribution < -0.4 is 10.4 Å². The van der Waals surface area contributed by atoms with Crippen molar-refractivity contribution >= 4 is 16.9 Å². The Morgan fingerprint density at radius 3 is 2.77 bits per heavy atom. The molecule has 0 bridgehead atoms. The first-order valence-electron chi connectivity index (χ1n) is 8.93. The molecule has 0 saturated carbocycles. The summed E-state index contributed by atoms with van der Waals surface area (Å²) in [6.07, 6.45) is 1.49. The Morgan fingerprint density at radius 1 is 1.38 bits per heavy atom. The third-order valence-corrected chi connectivity index (χ3v) is 4.83. The second-order valence-corrected chi connectivity index (χ2v) is 6.59. The van der Waals surface area contributed by atoms with Crippen molar-refractivity contribution in [2.75, 3.05) is 13.1 Å². The first kappa shape index (κ1) is 18.0. The molecule has 1 unspecified atom stereocenters. The molecule has 1 aliphatic heterocycles. The van der Waals surface area contributed by atoms with Crippen LogP contribution in [0.1, 0.15) is 32.3 Å². The third kappa shape index (κ3) is 3.72. The molecule has 1 atom stereocenters. The van der Waals surface area contributed by atoms with Crippen molar-refractivity contribution in [1.82, 2.24) is 4.90 Å². The molecule has 1 aliphatic rings. The molecule has 2 heterocycles. The van der Waals surface area contributed by atoms with Gasteiger partial charge in [-0.25, -0.2) is 4.79 Å². The van der Waals surface area contributed by atoms with E-state index in [1.807, 2.05) is 13.0 Å². The summed E-state index contributed by atoms with van der Waals surface area (Å²) in [6, 6.07) is 9.05. The molecule has 6 heteroatoms. The molecule has 1 aromatic heterocycles. The second kappa shape index (κ2) is 7.61. The van der Waals surface area contributed by atoms with E-state index in [9.17, 15) is 9.59 Å². The number of carbonyl (C=O) groups is 1. The van der Waals surface area contributed by atoms with E-state index in [-0.39, 0.29) is 11.8 Å². The summed E-state index contributed by atoms with van der Waals surface area (Å²) in [4.78, 5) is 26.0. The van der Waals surface area contributed by atoms with Crippen molar-refractivity contribution in [2.45, 2.75) is 39.2 Å². The van der Waals surface area contributed by atoms with Crippen LogP contribution in [0.5, 0.6) is 5.75 Å². The van der Waals surface area contributed by atoms with Gasteiger partial charge >= 0.3 is 5.63 Å². The maximum Gasteiger partial charge on any atom is 0.336 e. The van der Waals surface area contributed by atoms with Crippen molar-refractivity contribution in [3.05, 3.63) is 40.2 Å². The van der Waals surface area contributed by atoms with Gasteiger partial charge in [0.2, 0.25) is 0 Å². The van der Waals surface area contributed by atoms with E-state index < -0.39 is 11.7 Å². The number of fused-ring (bicyclic) bond motifs is 1. The van der Waals surface area contributed by atoms with Gasteiger partial charge in [0.25, 0.3) is 5.91 Å². The van der Waals surface area contributed by atoms with Crippen molar-refractivity contribution in [3.8, 4) is 11.8 Å². The number of benzene rings is 1. The monoisotopic (exact) mass is 354 g/mol. The summed E-state index contributed by atoms with van der Waals surface area (Å²) >= 11 is 0. The van der Waals surface area contributed by atoms with Gasteiger partial charge in [0.05, 0.1) is 6.07 Å². The fraction of sp³-hybridized carbons (Fsp3) is 0.450. The molecule has 26 heavy (non-hydrogen) atoms. The molecule has 6 nitrogen and oxygen atoms in total. The molecule has 136 valence electrons. The van der Waals surface area contributed by atoms with Crippen molar-refractivity contribution < 1.29 is 13.9 Å². The normalized spacial score (nSPS) is 16.3. The summed E-state index contributed by atoms with van der Waals surface area (Å²) < 4.78 is 11.1. The van der Waals surface area contributed by atoms with Crippen LogP contribution in [0.4, 0.5) is 0 Å². The van der Waals surface area contributed by atoms with Crippen LogP contribution in [-0.4, -0.2) is 30.0 Å². The van der Waals surface area contributed by atoms with Gasteiger partial charge in [0.15, 0.2) is 6.10 Å². The molecular formula is C20H22N2O4. The van der Waals surface area contributed by atoms with Crippen LogP contribution in [0.3, 0.4) is 0 Å². The highest BCUT2D eigenvalue weighted by molar-refractivity contribution is 5.83. The van der Waals surface area contributed by atoms with Gasteiger partial charge in [-0.15, -0.1) is 0 Å². The molecule has 2 aromatic rings. The Bertz CT molecular complexity index is 904. The first-order valence-corrected chi connectivity index (χ1v) is 8.93. The van der Waals surface area contributed by atoms with E-state index in [1.54, 1.807) is 24.0 Å². The number of nitrogens with zero attached hydrogens (tertiary/aromatic N) is 2. The molecule has 0 N–H and O–H groups in total. The zero-order valence-corrected chi connectivity index (χ0v) is 15.0. The van der Waals surface area contributed by atoms with Crippen LogP contribution in [0.2, 0.25) is 0 Å². The summed E-state index contributed by atoms with van der Waals surface area (Å²) in [6.45, 7) is 4.85. The molecule has 1 saturated heterocycles. The Balaban J connectivity index is 1.73. The molecule has 0 spiro atoms. The van der Waals surface area contributed by atoms with Gasteiger partial charge in [-0.2, -0.15) is 5.26 Å².